The molecule has 2 aromatic rings. The standard InChI is InChI=1S/C22H30N4/c1-8-11-13-20(14-12-15-25(9-2)10-3)26-18(6)21-16(4)23-24-17(5)22(21)19(26)7/h1,12-14H,9-11,15H2,2-7H3/b14-12-,20-13+. The van der Waals surface area contributed by atoms with Crippen molar-refractivity contribution < 1.29 is 0 Å². The summed E-state index contributed by atoms with van der Waals surface area (Å²) in [5.41, 5.74) is 5.41. The van der Waals surface area contributed by atoms with Gasteiger partial charge in [-0.3, -0.25) is 0 Å². The van der Waals surface area contributed by atoms with Gasteiger partial charge in [0.05, 0.1) is 11.4 Å². The molecule has 0 unspecified atom stereocenters. The molecule has 0 aliphatic heterocycles. The van der Waals surface area contributed by atoms with Crippen LogP contribution in [0, 0.1) is 40.0 Å². The van der Waals surface area contributed by atoms with Gasteiger partial charge in [-0.2, -0.15) is 10.2 Å². The lowest BCUT2D eigenvalue weighted by Gasteiger charge is -2.16. The Labute approximate surface area is 157 Å². The van der Waals surface area contributed by atoms with Crippen LogP contribution in [0.15, 0.2) is 18.2 Å². The molecular formula is C22H30N4. The molecule has 0 bridgehead atoms. The monoisotopic (exact) mass is 350 g/mol. The van der Waals surface area contributed by atoms with E-state index in [2.05, 4.69) is 71.5 Å². The van der Waals surface area contributed by atoms with Crippen LogP contribution in [0.4, 0.5) is 0 Å². The number of aryl methyl sites for hydroxylation is 4. The van der Waals surface area contributed by atoms with Gasteiger partial charge in [-0.25, -0.2) is 0 Å². The highest BCUT2D eigenvalue weighted by atomic mass is 15.1. The lowest BCUT2D eigenvalue weighted by atomic mass is 10.1. The van der Waals surface area contributed by atoms with Crippen LogP contribution in [0.1, 0.15) is 43.0 Å². The molecule has 0 radical (unpaired) electrons. The van der Waals surface area contributed by atoms with Crippen molar-refractivity contribution in [2.24, 2.45) is 0 Å². The summed E-state index contributed by atoms with van der Waals surface area (Å²) in [5.74, 6) is 2.73. The first kappa shape index (κ1) is 19.9. The Morgan fingerprint density at radius 3 is 2.04 bits per heavy atom. The van der Waals surface area contributed by atoms with Crippen LogP contribution >= 0.6 is 0 Å². The molecule has 0 saturated carbocycles. The summed E-state index contributed by atoms with van der Waals surface area (Å²) >= 11 is 0. The first-order chi connectivity index (χ1) is 12.5. The second-order valence-electron chi connectivity index (χ2n) is 6.55. The van der Waals surface area contributed by atoms with E-state index < -0.39 is 0 Å². The van der Waals surface area contributed by atoms with Gasteiger partial charge in [-0.05, 0) is 52.9 Å². The maximum atomic E-state index is 5.52. The van der Waals surface area contributed by atoms with Crippen LogP contribution in [-0.2, 0) is 0 Å². The van der Waals surface area contributed by atoms with Gasteiger partial charge in [-0.1, -0.05) is 19.9 Å². The number of allylic oxidation sites excluding steroid dienone is 3. The summed E-state index contributed by atoms with van der Waals surface area (Å²) in [4.78, 5) is 2.38. The zero-order chi connectivity index (χ0) is 19.3. The molecule has 4 heteroatoms. The van der Waals surface area contributed by atoms with E-state index in [0.29, 0.717) is 6.42 Å². The molecule has 2 heterocycles. The van der Waals surface area contributed by atoms with Gasteiger partial charge in [0.25, 0.3) is 0 Å². The van der Waals surface area contributed by atoms with Crippen LogP contribution < -0.4 is 0 Å². The second-order valence-corrected chi connectivity index (χ2v) is 6.55. The number of hydrogen-bond donors (Lipinski definition) is 0. The second kappa shape index (κ2) is 8.82. The van der Waals surface area contributed by atoms with Gasteiger partial charge in [-0.15, -0.1) is 12.3 Å². The fourth-order valence-electron chi connectivity index (χ4n) is 3.56. The zero-order valence-corrected chi connectivity index (χ0v) is 16.9. The van der Waals surface area contributed by atoms with Crippen molar-refractivity contribution in [2.45, 2.75) is 48.0 Å². The molecule has 2 rings (SSSR count). The van der Waals surface area contributed by atoms with E-state index >= 15 is 0 Å². The van der Waals surface area contributed by atoms with Gasteiger partial charge >= 0.3 is 0 Å². The molecule has 0 aliphatic rings. The molecule has 2 aromatic heterocycles. The summed E-state index contributed by atoms with van der Waals surface area (Å²) in [7, 11) is 0. The van der Waals surface area contributed by atoms with Crippen molar-refractivity contribution in [3.8, 4) is 12.3 Å². The fourth-order valence-corrected chi connectivity index (χ4v) is 3.56. The minimum absolute atomic E-state index is 0.604. The average Bonchev–Trinajstić information content (AvgIpc) is 2.90. The smallest absolute Gasteiger partial charge is 0.0696 e. The maximum Gasteiger partial charge on any atom is 0.0696 e. The highest BCUT2D eigenvalue weighted by molar-refractivity contribution is 5.93. The minimum Gasteiger partial charge on any atom is -0.317 e. The van der Waals surface area contributed by atoms with Gasteiger partial charge in [0.1, 0.15) is 0 Å². The van der Waals surface area contributed by atoms with Gasteiger partial charge < -0.3 is 9.47 Å². The van der Waals surface area contributed by atoms with Crippen molar-refractivity contribution in [1.29, 1.82) is 0 Å². The quantitative estimate of drug-likeness (QED) is 0.547. The number of terminal acetylenes is 1. The van der Waals surface area contributed by atoms with E-state index in [1.165, 1.54) is 22.2 Å². The highest BCUT2D eigenvalue weighted by Gasteiger charge is 2.17. The Balaban J connectivity index is 2.56. The summed E-state index contributed by atoms with van der Waals surface area (Å²) in [6.07, 6.45) is 12.6. The van der Waals surface area contributed by atoms with E-state index in [0.717, 1.165) is 36.7 Å². The fraction of sp³-hybridized carbons (Fsp3) is 0.455. The molecule has 138 valence electrons. The number of fused-ring (bicyclic) bond motifs is 1. The van der Waals surface area contributed by atoms with Gasteiger partial charge in [0.2, 0.25) is 0 Å². The Kier molecular flexibility index (Phi) is 6.76. The molecule has 0 aromatic carbocycles. The third-order valence-corrected chi connectivity index (χ3v) is 4.95. The number of likely N-dealkylation sites (N-methyl/N-ethyl adjacent to an activating group) is 1. The maximum absolute atomic E-state index is 5.52. The van der Waals surface area contributed by atoms with Crippen LogP contribution in [0.3, 0.4) is 0 Å². The van der Waals surface area contributed by atoms with Crippen molar-refractivity contribution in [3.05, 3.63) is 41.0 Å². The SMILES string of the molecule is C#CC/C=C(\C=C/CN(CC)CC)n1c(C)c2c(C)nnc(C)c2c1C. The minimum atomic E-state index is 0.604. The van der Waals surface area contributed by atoms with E-state index in [1.54, 1.807) is 0 Å². The summed E-state index contributed by atoms with van der Waals surface area (Å²) in [6, 6.07) is 0. The zero-order valence-electron chi connectivity index (χ0n) is 16.9. The molecule has 0 aliphatic carbocycles. The van der Waals surface area contributed by atoms with Gasteiger partial charge in [0.15, 0.2) is 0 Å². The molecule has 0 amide bonds. The topological polar surface area (TPSA) is 34.0 Å². The third-order valence-electron chi connectivity index (χ3n) is 4.95. The number of rotatable bonds is 7. The third kappa shape index (κ3) is 3.89. The van der Waals surface area contributed by atoms with E-state index in [-0.39, 0.29) is 0 Å². The van der Waals surface area contributed by atoms with Crippen molar-refractivity contribution >= 4 is 16.5 Å². The van der Waals surface area contributed by atoms with Crippen LogP contribution in [0.2, 0.25) is 0 Å². The Bertz CT molecular complexity index is 829. The average molecular weight is 351 g/mol. The molecule has 4 nitrogen and oxygen atoms in total. The summed E-state index contributed by atoms with van der Waals surface area (Å²) in [5, 5.41) is 11.0. The van der Waals surface area contributed by atoms with E-state index in [1.807, 2.05) is 13.8 Å². The lowest BCUT2D eigenvalue weighted by molar-refractivity contribution is 0.337. The van der Waals surface area contributed by atoms with Crippen molar-refractivity contribution in [1.82, 2.24) is 19.7 Å². The molecule has 0 saturated heterocycles. The van der Waals surface area contributed by atoms with E-state index in [4.69, 9.17) is 6.42 Å². The molecule has 0 atom stereocenters. The predicted molar refractivity (Wildman–Crippen MR) is 111 cm³/mol. The first-order valence-corrected chi connectivity index (χ1v) is 9.30. The molecule has 26 heavy (non-hydrogen) atoms. The summed E-state index contributed by atoms with van der Waals surface area (Å²) in [6.45, 7) is 15.7. The molecule has 0 fully saturated rings. The first-order valence-electron chi connectivity index (χ1n) is 9.30. The number of nitrogens with zero attached hydrogens (tertiary/aromatic N) is 4. The number of aromatic nitrogens is 3. The van der Waals surface area contributed by atoms with E-state index in [9.17, 15) is 0 Å². The molecule has 0 spiro atoms. The van der Waals surface area contributed by atoms with Crippen LogP contribution in [-0.4, -0.2) is 39.3 Å². The lowest BCUT2D eigenvalue weighted by Crippen LogP contribution is -2.22. The van der Waals surface area contributed by atoms with Crippen LogP contribution in [0.25, 0.3) is 16.5 Å². The highest BCUT2D eigenvalue weighted by Crippen LogP contribution is 2.31. The number of hydrogen-bond acceptors (Lipinski definition) is 3. The molecular weight excluding hydrogens is 320 g/mol. The van der Waals surface area contributed by atoms with Crippen molar-refractivity contribution in [3.63, 3.8) is 0 Å². The Morgan fingerprint density at radius 1 is 1.04 bits per heavy atom. The normalized spacial score (nSPS) is 12.5. The largest absolute Gasteiger partial charge is 0.317 e. The Morgan fingerprint density at radius 2 is 1.58 bits per heavy atom. The van der Waals surface area contributed by atoms with Crippen molar-refractivity contribution in [2.75, 3.05) is 19.6 Å². The summed E-state index contributed by atoms with van der Waals surface area (Å²) < 4.78 is 2.28. The van der Waals surface area contributed by atoms with Gasteiger partial charge in [0, 0.05) is 40.8 Å². The molecule has 0 N–H and O–H groups in total. The predicted octanol–water partition coefficient (Wildman–Crippen LogP) is 4.43. The van der Waals surface area contributed by atoms with Crippen LogP contribution in [0.5, 0.6) is 0 Å². The Hall–Kier alpha value is -2.38.